The molecule has 188 valence electrons. The highest BCUT2D eigenvalue weighted by Crippen LogP contribution is 2.36. The van der Waals surface area contributed by atoms with E-state index in [2.05, 4.69) is 64.3 Å². The number of ether oxygens (including phenoxy) is 3. The molecule has 0 amide bonds. The Kier molecular flexibility index (Phi) is 7.45. The number of methoxy groups -OCH3 is 3. The zero-order chi connectivity index (χ0) is 25.0. The first-order valence-electron chi connectivity index (χ1n) is 12.1. The Balaban J connectivity index is 1.66. The van der Waals surface area contributed by atoms with Gasteiger partial charge in [0.2, 0.25) is 0 Å². The van der Waals surface area contributed by atoms with E-state index in [-0.39, 0.29) is 11.6 Å². The Hall–Kier alpha value is -3.33. The molecule has 0 spiro atoms. The van der Waals surface area contributed by atoms with Gasteiger partial charge in [0.1, 0.15) is 5.75 Å². The first-order valence-corrected chi connectivity index (χ1v) is 12.1. The second kappa shape index (κ2) is 10.5. The molecule has 0 saturated carbocycles. The predicted octanol–water partition coefficient (Wildman–Crippen LogP) is 3.76. The number of rotatable bonds is 9. The molecule has 3 aromatic rings. The van der Waals surface area contributed by atoms with Crippen LogP contribution in [0.15, 0.2) is 42.5 Å². The summed E-state index contributed by atoms with van der Waals surface area (Å²) < 4.78 is 18.4. The number of tetrazole rings is 1. The van der Waals surface area contributed by atoms with Crippen LogP contribution in [0.4, 0.5) is 5.69 Å². The van der Waals surface area contributed by atoms with E-state index < -0.39 is 0 Å². The van der Waals surface area contributed by atoms with Crippen molar-refractivity contribution in [2.24, 2.45) is 0 Å². The highest BCUT2D eigenvalue weighted by Gasteiger charge is 2.34. The predicted molar refractivity (Wildman–Crippen MR) is 136 cm³/mol. The number of nitrogens with zero attached hydrogens (tertiary/aromatic N) is 6. The Morgan fingerprint density at radius 3 is 2.17 bits per heavy atom. The molecule has 2 heterocycles. The Morgan fingerprint density at radius 2 is 1.57 bits per heavy atom. The van der Waals surface area contributed by atoms with E-state index in [1.54, 1.807) is 21.3 Å². The minimum Gasteiger partial charge on any atom is -0.497 e. The summed E-state index contributed by atoms with van der Waals surface area (Å²) in [6.45, 7) is 10.0. The van der Waals surface area contributed by atoms with Gasteiger partial charge in [0, 0.05) is 31.9 Å². The zero-order valence-electron chi connectivity index (χ0n) is 21.6. The lowest BCUT2D eigenvalue weighted by atomic mass is 9.98. The van der Waals surface area contributed by atoms with Crippen LogP contribution in [-0.4, -0.2) is 72.6 Å². The summed E-state index contributed by atoms with van der Waals surface area (Å²) in [6.07, 6.45) is 0.912. The highest BCUT2D eigenvalue weighted by molar-refractivity contribution is 5.50. The zero-order valence-corrected chi connectivity index (χ0v) is 21.6. The molecule has 1 saturated heterocycles. The second-order valence-corrected chi connectivity index (χ2v) is 9.35. The van der Waals surface area contributed by atoms with Crippen molar-refractivity contribution in [2.75, 3.05) is 52.4 Å². The SMILES string of the molecule is CCC(C)(C)n1nnnc1[C@@H](c1ccc(OC)c(OC)c1)N1CCN(c2ccc(OC)cc2)CC1. The summed E-state index contributed by atoms with van der Waals surface area (Å²) >= 11 is 0. The Bertz CT molecular complexity index is 1110. The summed E-state index contributed by atoms with van der Waals surface area (Å²) in [5, 5.41) is 13.0. The van der Waals surface area contributed by atoms with Crippen molar-refractivity contribution in [3.63, 3.8) is 0 Å². The molecule has 0 N–H and O–H groups in total. The van der Waals surface area contributed by atoms with E-state index >= 15 is 0 Å². The van der Waals surface area contributed by atoms with Crippen LogP contribution in [0, 0.1) is 0 Å². The molecule has 1 aliphatic heterocycles. The van der Waals surface area contributed by atoms with Crippen molar-refractivity contribution in [1.29, 1.82) is 0 Å². The Labute approximate surface area is 207 Å². The molecule has 0 aliphatic carbocycles. The van der Waals surface area contributed by atoms with Gasteiger partial charge in [-0.25, -0.2) is 4.68 Å². The van der Waals surface area contributed by atoms with Gasteiger partial charge in [-0.05, 0) is 72.7 Å². The maximum atomic E-state index is 5.62. The van der Waals surface area contributed by atoms with Crippen LogP contribution in [0.3, 0.4) is 0 Å². The van der Waals surface area contributed by atoms with Crippen LogP contribution in [0.2, 0.25) is 0 Å². The molecule has 0 bridgehead atoms. The van der Waals surface area contributed by atoms with Gasteiger partial charge in [0.05, 0.1) is 32.9 Å². The van der Waals surface area contributed by atoms with E-state index in [1.165, 1.54) is 5.69 Å². The third kappa shape index (κ3) is 5.05. The van der Waals surface area contributed by atoms with Gasteiger partial charge in [-0.1, -0.05) is 13.0 Å². The molecule has 1 aromatic heterocycles. The summed E-state index contributed by atoms with van der Waals surface area (Å²) in [5.74, 6) is 3.10. The highest BCUT2D eigenvalue weighted by atomic mass is 16.5. The topological polar surface area (TPSA) is 77.8 Å². The third-order valence-electron chi connectivity index (χ3n) is 7.02. The van der Waals surface area contributed by atoms with Gasteiger partial charge in [0.25, 0.3) is 0 Å². The maximum absolute atomic E-state index is 5.62. The maximum Gasteiger partial charge on any atom is 0.173 e. The van der Waals surface area contributed by atoms with Crippen molar-refractivity contribution in [3.05, 3.63) is 53.9 Å². The molecular weight excluding hydrogens is 444 g/mol. The molecule has 1 atom stereocenters. The van der Waals surface area contributed by atoms with Crippen LogP contribution in [0.1, 0.15) is 44.6 Å². The van der Waals surface area contributed by atoms with Crippen molar-refractivity contribution in [2.45, 2.75) is 38.8 Å². The van der Waals surface area contributed by atoms with E-state index in [0.29, 0.717) is 11.5 Å². The van der Waals surface area contributed by atoms with E-state index in [9.17, 15) is 0 Å². The van der Waals surface area contributed by atoms with Crippen LogP contribution >= 0.6 is 0 Å². The minimum absolute atomic E-state index is 0.117. The largest absolute Gasteiger partial charge is 0.497 e. The van der Waals surface area contributed by atoms with Crippen LogP contribution < -0.4 is 19.1 Å². The van der Waals surface area contributed by atoms with Crippen molar-refractivity contribution in [3.8, 4) is 17.2 Å². The second-order valence-electron chi connectivity index (χ2n) is 9.35. The van der Waals surface area contributed by atoms with E-state index in [1.807, 2.05) is 28.9 Å². The molecule has 0 unspecified atom stereocenters. The average molecular weight is 481 g/mol. The smallest absolute Gasteiger partial charge is 0.173 e. The first kappa shape index (κ1) is 24.8. The fourth-order valence-electron chi connectivity index (χ4n) is 4.52. The number of hydrogen-bond donors (Lipinski definition) is 0. The molecule has 9 nitrogen and oxygen atoms in total. The van der Waals surface area contributed by atoms with Crippen molar-refractivity contribution < 1.29 is 14.2 Å². The van der Waals surface area contributed by atoms with Gasteiger partial charge in [0.15, 0.2) is 17.3 Å². The van der Waals surface area contributed by atoms with Crippen molar-refractivity contribution >= 4 is 5.69 Å². The quantitative estimate of drug-likeness (QED) is 0.458. The standard InChI is InChI=1S/C26H36N6O3/c1-7-26(2,3)32-25(27-28-29-32)24(19-8-13-22(34-5)23(18-19)35-6)31-16-14-30(15-17-31)20-9-11-21(33-4)12-10-20/h8-13,18,24H,7,14-17H2,1-6H3/t24-/m1/s1. The third-order valence-corrected chi connectivity index (χ3v) is 7.02. The summed E-state index contributed by atoms with van der Waals surface area (Å²) in [6, 6.07) is 14.2. The van der Waals surface area contributed by atoms with Crippen LogP contribution in [0.25, 0.3) is 0 Å². The Morgan fingerprint density at radius 1 is 0.886 bits per heavy atom. The molecule has 0 radical (unpaired) electrons. The molecule has 9 heteroatoms. The minimum atomic E-state index is -0.210. The molecule has 4 rings (SSSR count). The molecule has 1 fully saturated rings. The average Bonchev–Trinajstić information content (AvgIpc) is 3.39. The molecule has 1 aliphatic rings. The van der Waals surface area contributed by atoms with Crippen molar-refractivity contribution in [1.82, 2.24) is 25.1 Å². The monoisotopic (exact) mass is 480 g/mol. The number of piperazine rings is 1. The van der Waals surface area contributed by atoms with Crippen LogP contribution in [-0.2, 0) is 5.54 Å². The fourth-order valence-corrected chi connectivity index (χ4v) is 4.52. The van der Waals surface area contributed by atoms with Gasteiger partial charge in [-0.2, -0.15) is 0 Å². The van der Waals surface area contributed by atoms with E-state index in [0.717, 1.165) is 49.7 Å². The number of aromatic nitrogens is 4. The normalized spacial score (nSPS) is 15.7. The molecule has 2 aromatic carbocycles. The van der Waals surface area contributed by atoms with E-state index in [4.69, 9.17) is 14.2 Å². The number of hydrogen-bond acceptors (Lipinski definition) is 8. The van der Waals surface area contributed by atoms with Gasteiger partial charge in [-0.15, -0.1) is 5.10 Å². The number of anilines is 1. The number of benzene rings is 2. The van der Waals surface area contributed by atoms with Gasteiger partial charge < -0.3 is 19.1 Å². The molecular formula is C26H36N6O3. The lowest BCUT2D eigenvalue weighted by Gasteiger charge is -2.40. The summed E-state index contributed by atoms with van der Waals surface area (Å²) in [7, 11) is 5.00. The summed E-state index contributed by atoms with van der Waals surface area (Å²) in [5.41, 5.74) is 2.06. The molecule has 35 heavy (non-hydrogen) atoms. The van der Waals surface area contributed by atoms with Gasteiger partial charge >= 0.3 is 0 Å². The first-order chi connectivity index (χ1) is 16.9. The summed E-state index contributed by atoms with van der Waals surface area (Å²) in [4.78, 5) is 4.86. The lowest BCUT2D eigenvalue weighted by Crippen LogP contribution is -2.48. The fraction of sp³-hybridized carbons (Fsp3) is 0.500. The lowest BCUT2D eigenvalue weighted by molar-refractivity contribution is 0.187. The van der Waals surface area contributed by atoms with Crippen LogP contribution in [0.5, 0.6) is 17.2 Å². The van der Waals surface area contributed by atoms with Gasteiger partial charge in [-0.3, -0.25) is 4.90 Å².